The predicted octanol–water partition coefficient (Wildman–Crippen LogP) is 2.99. The van der Waals surface area contributed by atoms with Crippen LogP contribution in [-0.4, -0.2) is 62.7 Å². The van der Waals surface area contributed by atoms with E-state index in [2.05, 4.69) is 26.5 Å². The quantitative estimate of drug-likeness (QED) is 0.686. The van der Waals surface area contributed by atoms with Crippen molar-refractivity contribution in [3.8, 4) is 0 Å². The molecule has 3 rings (SSSR count). The first-order valence-corrected chi connectivity index (χ1v) is 9.31. The number of nitrogens with one attached hydrogen (secondary N) is 2. The monoisotopic (exact) mass is 458 g/mol. The highest BCUT2D eigenvalue weighted by Gasteiger charge is 2.19. The number of hydrogen-bond donors (Lipinski definition) is 2. The fourth-order valence-electron chi connectivity index (χ4n) is 3.48. The number of nitrogens with zero attached hydrogens (tertiary/aromatic N) is 2. The first-order valence-electron chi connectivity index (χ1n) is 8.94. The first-order chi connectivity index (χ1) is 11.7. The van der Waals surface area contributed by atoms with E-state index in [-0.39, 0.29) is 43.1 Å². The van der Waals surface area contributed by atoms with Crippen LogP contribution >= 0.6 is 48.8 Å². The molecule has 156 valence electrons. The Morgan fingerprint density at radius 1 is 1.19 bits per heavy atom. The summed E-state index contributed by atoms with van der Waals surface area (Å²) in [6.07, 6.45) is 2.93. The summed E-state index contributed by atoms with van der Waals surface area (Å²) in [7, 11) is 0. The Balaban J connectivity index is 0.00000225. The fraction of sp³-hybridized carbons (Fsp3) is 0.611. The summed E-state index contributed by atoms with van der Waals surface area (Å²) in [4.78, 5) is 16.7. The zero-order valence-corrected chi connectivity index (χ0v) is 18.6. The van der Waals surface area contributed by atoms with Crippen LogP contribution in [0.4, 0.5) is 5.69 Å². The van der Waals surface area contributed by atoms with Gasteiger partial charge in [0.2, 0.25) is 5.91 Å². The highest BCUT2D eigenvalue weighted by molar-refractivity contribution is 6.30. The van der Waals surface area contributed by atoms with Crippen LogP contribution < -0.4 is 15.5 Å². The van der Waals surface area contributed by atoms with Gasteiger partial charge in [0.1, 0.15) is 0 Å². The number of benzene rings is 1. The number of carbonyl (C=O) groups excluding carboxylic acids is 1. The van der Waals surface area contributed by atoms with Crippen molar-refractivity contribution in [3.05, 3.63) is 29.3 Å². The number of carbonyl (C=O) groups is 1. The predicted molar refractivity (Wildman–Crippen MR) is 121 cm³/mol. The second-order valence-electron chi connectivity index (χ2n) is 6.66. The summed E-state index contributed by atoms with van der Waals surface area (Å²) >= 11 is 6.07. The molecule has 1 amide bonds. The zero-order chi connectivity index (χ0) is 16.8. The van der Waals surface area contributed by atoms with Crippen LogP contribution in [0.2, 0.25) is 5.02 Å². The van der Waals surface area contributed by atoms with Crippen LogP contribution in [0.25, 0.3) is 0 Å². The molecule has 1 aromatic rings. The lowest BCUT2D eigenvalue weighted by Crippen LogP contribution is -2.48. The number of hydrogen-bond acceptors (Lipinski definition) is 4. The Bertz CT molecular complexity index is 550. The van der Waals surface area contributed by atoms with Gasteiger partial charge in [-0.1, -0.05) is 17.7 Å². The minimum absolute atomic E-state index is 0. The van der Waals surface area contributed by atoms with Gasteiger partial charge in [-0.15, -0.1) is 37.2 Å². The number of halogens is 4. The molecule has 2 aliphatic rings. The Kier molecular flexibility index (Phi) is 13.5. The maximum Gasteiger partial charge on any atom is 0.221 e. The van der Waals surface area contributed by atoms with Crippen molar-refractivity contribution in [3.63, 3.8) is 0 Å². The fourth-order valence-corrected chi connectivity index (χ4v) is 3.67. The highest BCUT2D eigenvalue weighted by atomic mass is 35.5. The zero-order valence-electron chi connectivity index (χ0n) is 15.4. The van der Waals surface area contributed by atoms with Gasteiger partial charge in [-0.25, -0.2) is 0 Å². The minimum atomic E-state index is 0. The largest absolute Gasteiger partial charge is 0.369 e. The SMILES string of the molecule is Cl.Cl.Cl.O=C(CC1CCCN1)NCCN1CCN(c2cccc(Cl)c2)CC1. The van der Waals surface area contributed by atoms with E-state index in [4.69, 9.17) is 11.6 Å². The molecule has 1 atom stereocenters. The third kappa shape index (κ3) is 8.63. The van der Waals surface area contributed by atoms with Crippen LogP contribution in [0.1, 0.15) is 19.3 Å². The van der Waals surface area contributed by atoms with E-state index >= 15 is 0 Å². The van der Waals surface area contributed by atoms with Crippen molar-refractivity contribution in [1.29, 1.82) is 0 Å². The maximum absolute atomic E-state index is 11.9. The third-order valence-corrected chi connectivity index (χ3v) is 5.13. The molecule has 0 aliphatic carbocycles. The summed E-state index contributed by atoms with van der Waals surface area (Å²) < 4.78 is 0. The lowest BCUT2D eigenvalue weighted by atomic mass is 10.1. The van der Waals surface area contributed by atoms with Crippen molar-refractivity contribution in [1.82, 2.24) is 15.5 Å². The molecule has 9 heteroatoms. The van der Waals surface area contributed by atoms with Crippen molar-refractivity contribution in [2.75, 3.05) is 50.7 Å². The number of rotatable bonds is 6. The van der Waals surface area contributed by atoms with Crippen LogP contribution in [0.3, 0.4) is 0 Å². The average molecular weight is 460 g/mol. The van der Waals surface area contributed by atoms with Crippen LogP contribution in [0.15, 0.2) is 24.3 Å². The first kappa shape index (κ1) is 26.6. The van der Waals surface area contributed by atoms with Gasteiger partial charge >= 0.3 is 0 Å². The molecule has 1 unspecified atom stereocenters. The Morgan fingerprint density at radius 3 is 2.56 bits per heavy atom. The minimum Gasteiger partial charge on any atom is -0.369 e. The molecule has 0 bridgehead atoms. The van der Waals surface area contributed by atoms with E-state index in [0.29, 0.717) is 12.5 Å². The molecular formula is C18H30Cl4N4O. The van der Waals surface area contributed by atoms with E-state index in [1.165, 1.54) is 12.1 Å². The van der Waals surface area contributed by atoms with Crippen LogP contribution in [0, 0.1) is 0 Å². The smallest absolute Gasteiger partial charge is 0.221 e. The molecule has 0 aromatic heterocycles. The maximum atomic E-state index is 11.9. The van der Waals surface area contributed by atoms with Gasteiger partial charge in [0.05, 0.1) is 0 Å². The number of amides is 1. The number of piperazine rings is 1. The molecule has 0 radical (unpaired) electrons. The lowest BCUT2D eigenvalue weighted by molar-refractivity contribution is -0.121. The van der Waals surface area contributed by atoms with E-state index < -0.39 is 0 Å². The molecule has 0 spiro atoms. The summed E-state index contributed by atoms with van der Waals surface area (Å²) in [5, 5.41) is 7.21. The Morgan fingerprint density at radius 2 is 1.93 bits per heavy atom. The van der Waals surface area contributed by atoms with Crippen molar-refractivity contribution < 1.29 is 4.79 Å². The molecule has 2 fully saturated rings. The van der Waals surface area contributed by atoms with Crippen LogP contribution in [-0.2, 0) is 4.79 Å². The van der Waals surface area contributed by atoms with E-state index in [9.17, 15) is 4.79 Å². The van der Waals surface area contributed by atoms with E-state index in [0.717, 1.165) is 57.3 Å². The second-order valence-corrected chi connectivity index (χ2v) is 7.09. The molecule has 1 aromatic carbocycles. The van der Waals surface area contributed by atoms with Crippen LogP contribution in [0.5, 0.6) is 0 Å². The normalized spacial score (nSPS) is 19.4. The topological polar surface area (TPSA) is 47.6 Å². The molecular weight excluding hydrogens is 430 g/mol. The van der Waals surface area contributed by atoms with Crippen molar-refractivity contribution >= 4 is 60.4 Å². The third-order valence-electron chi connectivity index (χ3n) is 4.89. The molecule has 2 heterocycles. The van der Waals surface area contributed by atoms with Crippen molar-refractivity contribution in [2.45, 2.75) is 25.3 Å². The van der Waals surface area contributed by atoms with Gasteiger partial charge < -0.3 is 15.5 Å². The highest BCUT2D eigenvalue weighted by Crippen LogP contribution is 2.20. The standard InChI is InChI=1S/C18H27ClN4O.3ClH/c19-15-3-1-5-17(13-15)23-11-9-22(10-12-23)8-7-21-18(24)14-16-4-2-6-20-16;;;/h1,3,5,13,16,20H,2,4,6-12,14H2,(H,21,24);3*1H. The summed E-state index contributed by atoms with van der Waals surface area (Å²) in [6.45, 7) is 6.75. The van der Waals surface area contributed by atoms with E-state index in [1.807, 2.05) is 18.2 Å². The summed E-state index contributed by atoms with van der Waals surface area (Å²) in [6, 6.07) is 8.42. The molecule has 2 N–H and O–H groups in total. The Hall–Kier alpha value is -0.430. The van der Waals surface area contributed by atoms with Gasteiger partial charge in [0.25, 0.3) is 0 Å². The molecule has 27 heavy (non-hydrogen) atoms. The van der Waals surface area contributed by atoms with Gasteiger partial charge in [0, 0.05) is 62.4 Å². The van der Waals surface area contributed by atoms with Gasteiger partial charge in [-0.3, -0.25) is 9.69 Å². The molecule has 0 saturated carbocycles. The lowest BCUT2D eigenvalue weighted by Gasteiger charge is -2.36. The summed E-state index contributed by atoms with van der Waals surface area (Å²) in [5.74, 6) is 0.173. The second kappa shape index (κ2) is 13.7. The number of anilines is 1. The summed E-state index contributed by atoms with van der Waals surface area (Å²) in [5.41, 5.74) is 1.19. The average Bonchev–Trinajstić information content (AvgIpc) is 3.08. The molecule has 2 aliphatic heterocycles. The van der Waals surface area contributed by atoms with Gasteiger partial charge in [-0.05, 0) is 37.6 Å². The molecule has 2 saturated heterocycles. The van der Waals surface area contributed by atoms with Gasteiger partial charge in [-0.2, -0.15) is 0 Å². The Labute approximate surface area is 185 Å². The van der Waals surface area contributed by atoms with Gasteiger partial charge in [0.15, 0.2) is 0 Å². The molecule has 5 nitrogen and oxygen atoms in total. The van der Waals surface area contributed by atoms with E-state index in [1.54, 1.807) is 0 Å². The van der Waals surface area contributed by atoms with Crippen molar-refractivity contribution in [2.24, 2.45) is 0 Å².